The van der Waals surface area contributed by atoms with Gasteiger partial charge in [0.15, 0.2) is 0 Å². The number of alkyl halides is 3. The molecular formula is C37H20F7IrN5-4. The van der Waals surface area contributed by atoms with Crippen LogP contribution in [0, 0.1) is 41.5 Å². The van der Waals surface area contributed by atoms with Gasteiger partial charge in [0, 0.05) is 61.6 Å². The van der Waals surface area contributed by atoms with Crippen molar-refractivity contribution in [1.82, 2.24) is 25.1 Å². The van der Waals surface area contributed by atoms with Gasteiger partial charge in [-0.1, -0.05) is 59.7 Å². The largest absolute Gasteiger partial charge is 0.466 e. The standard InChI is InChI=1S/C15H8F3N3.2C11H6F2N.Ir/c16-15(17,18)12-8-6-11(7-9-12)14-19-13(20-21-14)10-4-2-1-3-5-10;2*12-8-4-5-9(10(13)7-8)11-3-1-2-6-14-11;/h1-4,6-9H;2*1-4,6-7H;/q-2;2*-1;. The molecule has 3 aromatic heterocycles. The fourth-order valence-electron chi connectivity index (χ4n) is 4.12. The molecular weight excluding hydrogens is 840 g/mol. The molecule has 0 atom stereocenters. The fourth-order valence-corrected chi connectivity index (χ4v) is 4.12. The van der Waals surface area contributed by atoms with Crippen LogP contribution in [0.1, 0.15) is 5.56 Å². The van der Waals surface area contributed by atoms with Gasteiger partial charge in [-0.05, 0) is 41.2 Å². The Kier molecular flexibility index (Phi) is 12.9. The van der Waals surface area contributed by atoms with Crippen molar-refractivity contribution < 1.29 is 50.8 Å². The summed E-state index contributed by atoms with van der Waals surface area (Å²) in [6.07, 6.45) is -1.26. The Balaban J connectivity index is 0.000000172. The Morgan fingerprint density at radius 3 is 1.60 bits per heavy atom. The monoisotopic (exact) mass is 860 g/mol. The van der Waals surface area contributed by atoms with Crippen molar-refractivity contribution in [2.75, 3.05) is 0 Å². The Bertz CT molecular complexity index is 2010. The van der Waals surface area contributed by atoms with Gasteiger partial charge in [-0.2, -0.15) is 18.7 Å². The zero-order valence-electron chi connectivity index (χ0n) is 25.3. The molecule has 7 aromatic rings. The van der Waals surface area contributed by atoms with Crippen molar-refractivity contribution >= 4 is 0 Å². The number of halogens is 7. The van der Waals surface area contributed by atoms with E-state index in [1.54, 1.807) is 60.9 Å². The second-order valence-corrected chi connectivity index (χ2v) is 9.82. The average molecular weight is 860 g/mol. The maximum atomic E-state index is 13.2. The number of benzene rings is 4. The Hall–Kier alpha value is -5.52. The second kappa shape index (κ2) is 17.2. The number of nitrogens with zero attached hydrogens (tertiary/aromatic N) is 5. The maximum Gasteiger partial charge on any atom is 0.416 e. The Labute approximate surface area is 295 Å². The minimum atomic E-state index is -4.35. The van der Waals surface area contributed by atoms with E-state index in [0.717, 1.165) is 36.4 Å². The third kappa shape index (κ3) is 10.0. The predicted molar refractivity (Wildman–Crippen MR) is 167 cm³/mol. The Morgan fingerprint density at radius 2 is 1.16 bits per heavy atom. The van der Waals surface area contributed by atoms with Crippen LogP contribution in [-0.2, 0) is 26.3 Å². The van der Waals surface area contributed by atoms with E-state index in [4.69, 9.17) is 0 Å². The van der Waals surface area contributed by atoms with Gasteiger partial charge in [-0.25, -0.2) is 0 Å². The molecule has 1 radical (unpaired) electrons. The summed E-state index contributed by atoms with van der Waals surface area (Å²) in [6, 6.07) is 33.8. The van der Waals surface area contributed by atoms with E-state index in [1.807, 2.05) is 12.1 Å². The van der Waals surface area contributed by atoms with E-state index < -0.39 is 35.0 Å². The summed E-state index contributed by atoms with van der Waals surface area (Å²) in [5.74, 6) is -1.89. The molecule has 13 heteroatoms. The van der Waals surface area contributed by atoms with Gasteiger partial charge >= 0.3 is 6.18 Å². The van der Waals surface area contributed by atoms with Crippen molar-refractivity contribution in [3.63, 3.8) is 0 Å². The van der Waals surface area contributed by atoms with Crippen LogP contribution in [-0.4, -0.2) is 20.1 Å². The van der Waals surface area contributed by atoms with Crippen molar-refractivity contribution in [3.8, 4) is 45.3 Å². The molecule has 0 N–H and O–H groups in total. The molecule has 0 saturated heterocycles. The first-order chi connectivity index (χ1) is 23.6. The fraction of sp³-hybridized carbons (Fsp3) is 0.0270. The third-order valence-electron chi connectivity index (χ3n) is 6.43. The van der Waals surface area contributed by atoms with Crippen LogP contribution < -0.4 is 5.10 Å². The summed E-state index contributed by atoms with van der Waals surface area (Å²) in [5.41, 5.74) is 1.73. The molecule has 0 aliphatic rings. The molecule has 0 fully saturated rings. The van der Waals surface area contributed by atoms with E-state index >= 15 is 0 Å². The molecule has 50 heavy (non-hydrogen) atoms. The van der Waals surface area contributed by atoms with Gasteiger partial charge in [0.25, 0.3) is 0 Å². The summed E-state index contributed by atoms with van der Waals surface area (Å²) < 4.78 is 89.1. The van der Waals surface area contributed by atoms with E-state index in [2.05, 4.69) is 43.3 Å². The van der Waals surface area contributed by atoms with Crippen LogP contribution in [0.5, 0.6) is 0 Å². The summed E-state index contributed by atoms with van der Waals surface area (Å²) in [7, 11) is 0. The molecule has 0 unspecified atom stereocenters. The molecule has 4 aromatic carbocycles. The topological polar surface area (TPSA) is 65.7 Å². The van der Waals surface area contributed by atoms with Gasteiger partial charge in [0.2, 0.25) is 0 Å². The van der Waals surface area contributed by atoms with Crippen LogP contribution in [0.4, 0.5) is 30.7 Å². The van der Waals surface area contributed by atoms with Crippen LogP contribution >= 0.6 is 0 Å². The van der Waals surface area contributed by atoms with Crippen LogP contribution in [0.3, 0.4) is 0 Å². The van der Waals surface area contributed by atoms with Crippen molar-refractivity contribution in [3.05, 3.63) is 169 Å². The maximum absolute atomic E-state index is 13.2. The molecule has 255 valence electrons. The number of rotatable bonds is 4. The summed E-state index contributed by atoms with van der Waals surface area (Å²) in [4.78, 5) is 12.1. The summed E-state index contributed by atoms with van der Waals surface area (Å²) >= 11 is 0. The molecule has 7 rings (SSSR count). The number of hydrogen-bond acceptors (Lipinski definition) is 4. The molecule has 0 amide bonds. The zero-order chi connectivity index (χ0) is 34.8. The minimum absolute atomic E-state index is 0. The quantitative estimate of drug-likeness (QED) is 0.131. The smallest absolute Gasteiger partial charge is 0.416 e. The number of aromatic nitrogens is 5. The molecule has 0 saturated carbocycles. The van der Waals surface area contributed by atoms with Gasteiger partial charge in [0.1, 0.15) is 0 Å². The molecule has 0 aliphatic carbocycles. The number of hydrogen-bond donors (Lipinski definition) is 0. The second-order valence-electron chi connectivity index (χ2n) is 9.82. The normalized spacial score (nSPS) is 10.5. The van der Waals surface area contributed by atoms with Crippen molar-refractivity contribution in [1.29, 1.82) is 0 Å². The van der Waals surface area contributed by atoms with E-state index in [9.17, 15) is 30.7 Å². The van der Waals surface area contributed by atoms with Gasteiger partial charge in [-0.15, -0.1) is 60.4 Å². The predicted octanol–water partition coefficient (Wildman–Crippen LogP) is 9.24. The number of pyridine rings is 2. The summed E-state index contributed by atoms with van der Waals surface area (Å²) in [5, 5.41) is 7.81. The first-order valence-corrected chi connectivity index (χ1v) is 14.2. The van der Waals surface area contributed by atoms with Crippen LogP contribution in [0.2, 0.25) is 0 Å². The zero-order valence-corrected chi connectivity index (χ0v) is 27.7. The molecule has 0 bridgehead atoms. The van der Waals surface area contributed by atoms with E-state index in [-0.39, 0.29) is 37.1 Å². The molecule has 5 nitrogen and oxygen atoms in total. The SMILES string of the molecule is FC(F)(F)c1ccc(-c2n[n-]c(-c3[c-]cccc3)n2)cc1.Fc1c[c-]c(-c2ccccn2)c(F)c1.Fc1c[c-]c(-c2ccccn2)c(F)c1.[Ir]. The van der Waals surface area contributed by atoms with Gasteiger partial charge < -0.3 is 20.1 Å². The van der Waals surface area contributed by atoms with Crippen LogP contribution in [0.15, 0.2) is 122 Å². The van der Waals surface area contributed by atoms with E-state index in [1.165, 1.54) is 12.1 Å². The molecule has 0 spiro atoms. The first kappa shape index (κ1) is 37.3. The molecule has 3 heterocycles. The molecule has 0 aliphatic heterocycles. The third-order valence-corrected chi connectivity index (χ3v) is 6.43. The van der Waals surface area contributed by atoms with Crippen molar-refractivity contribution in [2.24, 2.45) is 0 Å². The summed E-state index contributed by atoms with van der Waals surface area (Å²) in [6.45, 7) is 0. The van der Waals surface area contributed by atoms with Gasteiger partial charge in [-0.3, -0.25) is 22.7 Å². The van der Waals surface area contributed by atoms with Crippen molar-refractivity contribution in [2.45, 2.75) is 6.18 Å². The van der Waals surface area contributed by atoms with Gasteiger partial charge in [0.05, 0.1) is 5.56 Å². The Morgan fingerprint density at radius 1 is 0.620 bits per heavy atom. The minimum Gasteiger partial charge on any atom is -0.466 e. The van der Waals surface area contributed by atoms with Crippen LogP contribution in [0.25, 0.3) is 45.3 Å². The first-order valence-electron chi connectivity index (χ1n) is 14.2. The van der Waals surface area contributed by atoms with E-state index in [0.29, 0.717) is 28.3 Å². The average Bonchev–Trinajstić information content (AvgIpc) is 3.61.